The number of oxazole rings is 1. The highest BCUT2D eigenvalue weighted by atomic mass is 19.4. The second kappa shape index (κ2) is 15.0. The molecule has 2 N–H and O–H groups in total. The van der Waals surface area contributed by atoms with Crippen LogP contribution in [-0.2, 0) is 24.1 Å². The van der Waals surface area contributed by atoms with Crippen molar-refractivity contribution in [2.75, 3.05) is 33.3 Å². The largest absolute Gasteiger partial charge is 0.496 e. The van der Waals surface area contributed by atoms with Crippen LogP contribution >= 0.6 is 0 Å². The molecule has 8 nitrogen and oxygen atoms in total. The zero-order valence-electron chi connectivity index (χ0n) is 30.2. The van der Waals surface area contributed by atoms with Gasteiger partial charge in [0.2, 0.25) is 5.89 Å². The normalized spacial score (nSPS) is 20.2. The van der Waals surface area contributed by atoms with Gasteiger partial charge >= 0.3 is 12.1 Å². The summed E-state index contributed by atoms with van der Waals surface area (Å²) >= 11 is 0. The Morgan fingerprint density at radius 3 is 2.51 bits per heavy atom. The maximum atomic E-state index is 14.5. The number of aromatic nitrogens is 1. The minimum Gasteiger partial charge on any atom is -0.496 e. The molecule has 4 aromatic rings. The molecule has 2 atom stereocenters. The number of aliphatic hydroxyl groups excluding tert-OH is 1. The molecule has 0 radical (unpaired) electrons. The average Bonchev–Trinajstić information content (AvgIpc) is 3.88. The number of halogens is 3. The number of benzene rings is 3. The quantitative estimate of drug-likeness (QED) is 0.168. The number of rotatable bonds is 10. The van der Waals surface area contributed by atoms with E-state index in [-0.39, 0.29) is 24.8 Å². The number of carbonyl (C=O) groups is 1. The van der Waals surface area contributed by atoms with Gasteiger partial charge < -0.3 is 19.4 Å². The van der Waals surface area contributed by atoms with Crippen LogP contribution in [0.5, 0.6) is 5.75 Å². The molecule has 0 amide bonds. The van der Waals surface area contributed by atoms with E-state index in [9.17, 15) is 28.2 Å². The SMILES string of the molecule is COc1cc(/C=C/C2=C(C)C(c3cccc(-c4nc5cc(CN6CC[C@@H](O)C6)ccc5o4)c3C)=CCC2)c(C(F)(F)F)cc1CN1CC[C@@H](C(=O)O)C1. The van der Waals surface area contributed by atoms with Crippen molar-refractivity contribution in [3.8, 4) is 17.2 Å². The lowest BCUT2D eigenvalue weighted by Gasteiger charge is -2.21. The molecule has 3 aliphatic rings. The first-order valence-corrected chi connectivity index (χ1v) is 18.1. The van der Waals surface area contributed by atoms with E-state index in [0.29, 0.717) is 48.7 Å². The summed E-state index contributed by atoms with van der Waals surface area (Å²) in [7, 11) is 1.44. The number of aliphatic hydroxyl groups is 1. The minimum absolute atomic E-state index is 0.00894. The second-order valence-electron chi connectivity index (χ2n) is 14.4. The van der Waals surface area contributed by atoms with E-state index in [0.717, 1.165) is 76.5 Å². The fourth-order valence-corrected chi connectivity index (χ4v) is 7.91. The number of alkyl halides is 3. The Morgan fingerprint density at radius 1 is 1.02 bits per heavy atom. The van der Waals surface area contributed by atoms with Gasteiger partial charge in [0, 0.05) is 43.9 Å². The standard InChI is InChI=1S/C42H44F3N3O5/c1-25-28(11-12-29-20-39(52-3)31(19-36(29)42(43,44)45)23-48-16-14-30(22-48)41(50)51)6-4-7-33(25)34-8-5-9-35(26(34)2)40-46-37-18-27(10-13-38(37)53-40)21-47-17-15-32(49)24-47/h5,7-13,18-20,30,32,49H,4,6,14-17,21-24H2,1-3H3,(H,50,51)/b12-11+/t30-,32-/m1/s1. The predicted molar refractivity (Wildman–Crippen MR) is 198 cm³/mol. The molecule has 3 aromatic carbocycles. The number of carboxylic acids is 1. The van der Waals surface area contributed by atoms with Crippen LogP contribution in [0.15, 0.2) is 76.2 Å². The number of methoxy groups -OCH3 is 1. The van der Waals surface area contributed by atoms with Gasteiger partial charge in [-0.25, -0.2) is 4.98 Å². The molecule has 2 aliphatic heterocycles. The van der Waals surface area contributed by atoms with Crippen molar-refractivity contribution in [3.63, 3.8) is 0 Å². The first kappa shape index (κ1) is 36.6. The van der Waals surface area contributed by atoms with Gasteiger partial charge in [0.1, 0.15) is 11.3 Å². The summed E-state index contributed by atoms with van der Waals surface area (Å²) in [5, 5.41) is 19.3. The van der Waals surface area contributed by atoms with E-state index in [4.69, 9.17) is 14.1 Å². The Bertz CT molecular complexity index is 2130. The van der Waals surface area contributed by atoms with Crippen molar-refractivity contribution in [1.29, 1.82) is 0 Å². The summed E-state index contributed by atoms with van der Waals surface area (Å²) in [6.45, 7) is 7.28. The molecule has 1 aromatic heterocycles. The highest BCUT2D eigenvalue weighted by Gasteiger charge is 2.35. The van der Waals surface area contributed by atoms with Gasteiger partial charge in [-0.15, -0.1) is 0 Å². The van der Waals surface area contributed by atoms with E-state index >= 15 is 0 Å². The smallest absolute Gasteiger partial charge is 0.417 e. The van der Waals surface area contributed by atoms with Gasteiger partial charge in [-0.2, -0.15) is 13.2 Å². The van der Waals surface area contributed by atoms with Crippen molar-refractivity contribution in [2.45, 2.75) is 64.9 Å². The van der Waals surface area contributed by atoms with E-state index < -0.39 is 23.6 Å². The summed E-state index contributed by atoms with van der Waals surface area (Å²) < 4.78 is 55.2. The van der Waals surface area contributed by atoms with Gasteiger partial charge in [0.15, 0.2) is 5.58 Å². The van der Waals surface area contributed by atoms with Gasteiger partial charge in [-0.1, -0.05) is 36.4 Å². The summed E-state index contributed by atoms with van der Waals surface area (Å²) in [4.78, 5) is 20.4. The Hall–Kier alpha value is -4.71. The number of carboxylic acid groups (broad SMARTS) is 1. The van der Waals surface area contributed by atoms with Crippen molar-refractivity contribution in [2.24, 2.45) is 5.92 Å². The van der Waals surface area contributed by atoms with Crippen molar-refractivity contribution in [3.05, 3.63) is 105 Å². The van der Waals surface area contributed by atoms with Crippen LogP contribution in [0.1, 0.15) is 66.0 Å². The third-order valence-electron chi connectivity index (χ3n) is 10.8. The Labute approximate surface area is 306 Å². The minimum atomic E-state index is -4.60. The lowest BCUT2D eigenvalue weighted by molar-refractivity contribution is -0.141. The number of hydrogen-bond acceptors (Lipinski definition) is 7. The van der Waals surface area contributed by atoms with E-state index in [1.54, 1.807) is 6.08 Å². The molecule has 0 bridgehead atoms. The monoisotopic (exact) mass is 727 g/mol. The zero-order valence-corrected chi connectivity index (χ0v) is 30.2. The summed E-state index contributed by atoms with van der Waals surface area (Å²) in [5.74, 6) is -0.562. The first-order chi connectivity index (χ1) is 25.4. The molecule has 3 heterocycles. The van der Waals surface area contributed by atoms with Crippen LogP contribution < -0.4 is 4.74 Å². The molecular formula is C42H44F3N3O5. The number of hydrogen-bond donors (Lipinski definition) is 2. The zero-order chi connectivity index (χ0) is 37.4. The van der Waals surface area contributed by atoms with Gasteiger partial charge in [0.25, 0.3) is 0 Å². The molecule has 0 spiro atoms. The van der Waals surface area contributed by atoms with Crippen LogP contribution in [0, 0.1) is 12.8 Å². The lowest BCUT2D eigenvalue weighted by Crippen LogP contribution is -2.23. The predicted octanol–water partition coefficient (Wildman–Crippen LogP) is 8.51. The third kappa shape index (κ3) is 7.83. The molecule has 53 heavy (non-hydrogen) atoms. The van der Waals surface area contributed by atoms with Crippen LogP contribution in [0.3, 0.4) is 0 Å². The van der Waals surface area contributed by atoms with Crippen LogP contribution in [0.2, 0.25) is 0 Å². The van der Waals surface area contributed by atoms with Crippen molar-refractivity contribution < 1.29 is 37.3 Å². The molecule has 11 heteroatoms. The van der Waals surface area contributed by atoms with Crippen LogP contribution in [-0.4, -0.2) is 70.4 Å². The third-order valence-corrected chi connectivity index (χ3v) is 10.8. The molecule has 0 unspecified atom stereocenters. The lowest BCUT2D eigenvalue weighted by atomic mass is 9.84. The highest BCUT2D eigenvalue weighted by molar-refractivity contribution is 5.86. The summed E-state index contributed by atoms with van der Waals surface area (Å²) in [6, 6.07) is 14.6. The van der Waals surface area contributed by atoms with Gasteiger partial charge in [-0.3, -0.25) is 14.6 Å². The Morgan fingerprint density at radius 2 is 1.79 bits per heavy atom. The van der Waals surface area contributed by atoms with E-state index in [2.05, 4.69) is 17.0 Å². The van der Waals surface area contributed by atoms with Gasteiger partial charge in [-0.05, 0) is 115 Å². The Kier molecular flexibility index (Phi) is 10.3. The van der Waals surface area contributed by atoms with E-state index in [1.165, 1.54) is 19.3 Å². The molecule has 7 rings (SSSR count). The van der Waals surface area contributed by atoms with Crippen molar-refractivity contribution in [1.82, 2.24) is 14.8 Å². The van der Waals surface area contributed by atoms with Gasteiger partial charge in [0.05, 0.1) is 24.7 Å². The van der Waals surface area contributed by atoms with Crippen molar-refractivity contribution >= 4 is 28.7 Å². The molecule has 1 aliphatic carbocycles. The fourth-order valence-electron chi connectivity index (χ4n) is 7.91. The molecule has 278 valence electrons. The van der Waals surface area contributed by atoms with Crippen LogP contribution in [0.4, 0.5) is 13.2 Å². The maximum absolute atomic E-state index is 14.5. The number of ether oxygens (including phenoxy) is 1. The topological polar surface area (TPSA) is 99.3 Å². The first-order valence-electron chi connectivity index (χ1n) is 18.1. The molecule has 0 saturated carbocycles. The fraction of sp³-hybridized carbons (Fsp3) is 0.381. The number of likely N-dealkylation sites (tertiary alicyclic amines) is 2. The number of nitrogens with zero attached hydrogens (tertiary/aromatic N) is 3. The summed E-state index contributed by atoms with van der Waals surface area (Å²) in [6.07, 6.45) is 3.28. The van der Waals surface area contributed by atoms with E-state index in [1.807, 2.05) is 49.1 Å². The number of aliphatic carboxylic acids is 1. The molecule has 2 saturated heterocycles. The van der Waals surface area contributed by atoms with Crippen LogP contribution in [0.25, 0.3) is 34.2 Å². The maximum Gasteiger partial charge on any atom is 0.417 e. The second-order valence-corrected chi connectivity index (χ2v) is 14.4. The number of β-amino-alcohol motifs (C(OH)–C–C–N with tert-alkyl or cyclic N) is 1. The average molecular weight is 728 g/mol. The highest BCUT2D eigenvalue weighted by Crippen LogP contribution is 2.40. The Balaban J connectivity index is 1.14. The molecular weight excluding hydrogens is 683 g/mol. The number of allylic oxidation sites excluding steroid dienone is 5. The molecule has 2 fully saturated rings. The summed E-state index contributed by atoms with van der Waals surface area (Å²) in [5.41, 5.74) is 8.03. The number of fused-ring (bicyclic) bond motifs is 1.